The summed E-state index contributed by atoms with van der Waals surface area (Å²) in [5.74, 6) is 0.832. The summed E-state index contributed by atoms with van der Waals surface area (Å²) in [7, 11) is -2.13. The highest BCUT2D eigenvalue weighted by Crippen LogP contribution is 2.24. The number of methoxy groups -OCH3 is 1. The number of nitrogens with one attached hydrogen (secondary N) is 1. The molecule has 1 atom stereocenters. The van der Waals surface area contributed by atoms with Gasteiger partial charge in [-0.3, -0.25) is 9.10 Å². The van der Waals surface area contributed by atoms with Crippen molar-refractivity contribution < 1.29 is 22.7 Å². The van der Waals surface area contributed by atoms with Gasteiger partial charge in [0.1, 0.15) is 24.1 Å². The molecule has 1 N–H and O–H groups in total. The van der Waals surface area contributed by atoms with Gasteiger partial charge in [-0.15, -0.1) is 0 Å². The van der Waals surface area contributed by atoms with E-state index in [-0.39, 0.29) is 13.2 Å². The zero-order valence-electron chi connectivity index (χ0n) is 15.9. The Hall–Kier alpha value is -2.45. The standard InChI is InChI=1S/C19H23ClN2O5S/c1-14(22(28(3,24)25)16-7-4-6-15(20)12-16)19(23)21-10-11-27-18-9-5-8-17(13-18)26-2/h4-9,12-14H,10-11H2,1-3H3,(H,21,23)/t14-/m0/s1. The number of anilines is 1. The average Bonchev–Trinajstić information content (AvgIpc) is 2.64. The van der Waals surface area contributed by atoms with Gasteiger partial charge in [0.15, 0.2) is 0 Å². The zero-order valence-corrected chi connectivity index (χ0v) is 17.5. The molecule has 7 nitrogen and oxygen atoms in total. The second-order valence-corrected chi connectivity index (χ2v) is 8.33. The third-order valence-electron chi connectivity index (χ3n) is 3.86. The van der Waals surface area contributed by atoms with Crippen LogP contribution in [0.15, 0.2) is 48.5 Å². The maximum atomic E-state index is 12.5. The largest absolute Gasteiger partial charge is 0.497 e. The molecular formula is C19H23ClN2O5S. The molecule has 0 saturated heterocycles. The number of hydrogen-bond acceptors (Lipinski definition) is 5. The number of carbonyl (C=O) groups is 1. The molecule has 2 aromatic rings. The summed E-state index contributed by atoms with van der Waals surface area (Å²) in [6.07, 6.45) is 1.05. The Bertz CT molecular complexity index is 920. The number of benzene rings is 2. The van der Waals surface area contributed by atoms with Crippen LogP contribution in [-0.2, 0) is 14.8 Å². The molecule has 2 rings (SSSR count). The number of halogens is 1. The molecule has 9 heteroatoms. The Labute approximate surface area is 170 Å². The highest BCUT2D eigenvalue weighted by molar-refractivity contribution is 7.92. The molecule has 0 unspecified atom stereocenters. The van der Waals surface area contributed by atoms with Gasteiger partial charge in [-0.1, -0.05) is 23.7 Å². The van der Waals surface area contributed by atoms with E-state index in [1.54, 1.807) is 49.6 Å². The van der Waals surface area contributed by atoms with Gasteiger partial charge in [-0.05, 0) is 37.3 Å². The highest BCUT2D eigenvalue weighted by atomic mass is 35.5. The van der Waals surface area contributed by atoms with E-state index in [1.165, 1.54) is 13.0 Å². The topological polar surface area (TPSA) is 84.9 Å². The Morgan fingerprint density at radius 2 is 1.86 bits per heavy atom. The van der Waals surface area contributed by atoms with Crippen molar-refractivity contribution in [2.24, 2.45) is 0 Å². The van der Waals surface area contributed by atoms with Gasteiger partial charge in [0.25, 0.3) is 0 Å². The smallest absolute Gasteiger partial charge is 0.243 e. The third kappa shape index (κ3) is 6.03. The molecule has 0 saturated carbocycles. The van der Waals surface area contributed by atoms with Crippen LogP contribution in [0.2, 0.25) is 5.02 Å². The van der Waals surface area contributed by atoms with Crippen LogP contribution in [0.5, 0.6) is 11.5 Å². The average molecular weight is 427 g/mol. The number of hydrogen-bond donors (Lipinski definition) is 1. The minimum Gasteiger partial charge on any atom is -0.497 e. The summed E-state index contributed by atoms with van der Waals surface area (Å²) in [6.45, 7) is 1.95. The Morgan fingerprint density at radius 3 is 2.50 bits per heavy atom. The van der Waals surface area contributed by atoms with Crippen molar-refractivity contribution in [1.29, 1.82) is 0 Å². The molecule has 0 bridgehead atoms. The summed E-state index contributed by atoms with van der Waals surface area (Å²) in [6, 6.07) is 12.5. The summed E-state index contributed by atoms with van der Waals surface area (Å²) in [5.41, 5.74) is 0.324. The minimum absolute atomic E-state index is 0.216. The summed E-state index contributed by atoms with van der Waals surface area (Å²) in [5, 5.41) is 3.06. The summed E-state index contributed by atoms with van der Waals surface area (Å²) in [4.78, 5) is 12.5. The molecule has 0 aliphatic heterocycles. The second kappa shape index (κ2) is 9.66. The summed E-state index contributed by atoms with van der Waals surface area (Å²) < 4.78 is 36.2. The minimum atomic E-state index is -3.69. The predicted octanol–water partition coefficient (Wildman–Crippen LogP) is 2.70. The molecule has 0 radical (unpaired) electrons. The second-order valence-electron chi connectivity index (χ2n) is 6.03. The molecule has 0 fully saturated rings. The van der Waals surface area contributed by atoms with Gasteiger partial charge in [-0.2, -0.15) is 0 Å². The van der Waals surface area contributed by atoms with E-state index in [0.29, 0.717) is 22.2 Å². The van der Waals surface area contributed by atoms with Gasteiger partial charge >= 0.3 is 0 Å². The number of sulfonamides is 1. The van der Waals surface area contributed by atoms with Crippen LogP contribution in [-0.4, -0.2) is 46.9 Å². The number of rotatable bonds is 9. The normalized spacial score (nSPS) is 12.1. The first kappa shape index (κ1) is 21.8. The van der Waals surface area contributed by atoms with E-state index in [1.807, 2.05) is 0 Å². The van der Waals surface area contributed by atoms with Crippen LogP contribution in [0.3, 0.4) is 0 Å². The molecule has 0 aliphatic carbocycles. The molecule has 28 heavy (non-hydrogen) atoms. The number of nitrogens with zero attached hydrogens (tertiary/aromatic N) is 1. The lowest BCUT2D eigenvalue weighted by Gasteiger charge is -2.28. The molecule has 2 aromatic carbocycles. The predicted molar refractivity (Wildman–Crippen MR) is 110 cm³/mol. The van der Waals surface area contributed by atoms with Crippen molar-refractivity contribution in [2.45, 2.75) is 13.0 Å². The fourth-order valence-electron chi connectivity index (χ4n) is 2.60. The van der Waals surface area contributed by atoms with Gasteiger partial charge in [0, 0.05) is 11.1 Å². The first-order valence-corrected chi connectivity index (χ1v) is 10.7. The van der Waals surface area contributed by atoms with Crippen LogP contribution in [0, 0.1) is 0 Å². The zero-order chi connectivity index (χ0) is 20.7. The molecule has 0 heterocycles. The van der Waals surface area contributed by atoms with Gasteiger partial charge in [-0.25, -0.2) is 8.42 Å². The molecule has 0 spiro atoms. The van der Waals surface area contributed by atoms with Crippen LogP contribution in [0.4, 0.5) is 5.69 Å². The molecule has 152 valence electrons. The lowest BCUT2D eigenvalue weighted by molar-refractivity contribution is -0.121. The number of amides is 1. The van der Waals surface area contributed by atoms with Crippen molar-refractivity contribution in [3.63, 3.8) is 0 Å². The lowest BCUT2D eigenvalue weighted by atomic mass is 10.2. The molecule has 0 aromatic heterocycles. The van der Waals surface area contributed by atoms with Gasteiger partial charge in [0.05, 0.1) is 25.6 Å². The first-order chi connectivity index (χ1) is 13.2. The van der Waals surface area contributed by atoms with Crippen LogP contribution in [0.25, 0.3) is 0 Å². The van der Waals surface area contributed by atoms with E-state index in [0.717, 1.165) is 10.6 Å². The molecule has 0 aliphatic rings. The lowest BCUT2D eigenvalue weighted by Crippen LogP contribution is -2.48. The Balaban J connectivity index is 1.97. The quantitative estimate of drug-likeness (QED) is 0.623. The summed E-state index contributed by atoms with van der Waals surface area (Å²) >= 11 is 5.96. The number of carbonyl (C=O) groups excluding carboxylic acids is 1. The number of ether oxygens (including phenoxy) is 2. The van der Waals surface area contributed by atoms with Crippen LogP contribution in [0.1, 0.15) is 6.92 Å². The SMILES string of the molecule is COc1cccc(OCCNC(=O)[C@H](C)N(c2cccc(Cl)c2)S(C)(=O)=O)c1. The van der Waals surface area contributed by atoms with E-state index in [9.17, 15) is 13.2 Å². The van der Waals surface area contributed by atoms with Crippen molar-refractivity contribution >= 4 is 33.2 Å². The maximum Gasteiger partial charge on any atom is 0.243 e. The fraction of sp³-hybridized carbons (Fsp3) is 0.316. The highest BCUT2D eigenvalue weighted by Gasteiger charge is 2.29. The van der Waals surface area contributed by atoms with Crippen LogP contribution >= 0.6 is 11.6 Å². The van der Waals surface area contributed by atoms with Gasteiger partial charge < -0.3 is 14.8 Å². The van der Waals surface area contributed by atoms with E-state index >= 15 is 0 Å². The molecular weight excluding hydrogens is 404 g/mol. The maximum absolute atomic E-state index is 12.5. The van der Waals surface area contributed by atoms with Crippen molar-refractivity contribution in [3.05, 3.63) is 53.6 Å². The van der Waals surface area contributed by atoms with Gasteiger partial charge in [0.2, 0.25) is 15.9 Å². The molecule has 1 amide bonds. The van der Waals surface area contributed by atoms with Crippen molar-refractivity contribution in [3.8, 4) is 11.5 Å². The monoisotopic (exact) mass is 426 g/mol. The van der Waals surface area contributed by atoms with Crippen molar-refractivity contribution in [1.82, 2.24) is 5.32 Å². The van der Waals surface area contributed by atoms with E-state index in [2.05, 4.69) is 5.32 Å². The Morgan fingerprint density at radius 1 is 1.18 bits per heavy atom. The van der Waals surface area contributed by atoms with Crippen molar-refractivity contribution in [2.75, 3.05) is 30.8 Å². The van der Waals surface area contributed by atoms with E-state index in [4.69, 9.17) is 21.1 Å². The Kier molecular flexibility index (Phi) is 7.53. The fourth-order valence-corrected chi connectivity index (χ4v) is 3.95. The van der Waals surface area contributed by atoms with Crippen LogP contribution < -0.4 is 19.1 Å². The third-order valence-corrected chi connectivity index (χ3v) is 5.34. The van der Waals surface area contributed by atoms with E-state index < -0.39 is 22.0 Å². The first-order valence-electron chi connectivity index (χ1n) is 8.52.